The zero-order valence-corrected chi connectivity index (χ0v) is 12.0. The van der Waals surface area contributed by atoms with Crippen LogP contribution in [0.25, 0.3) is 0 Å². The van der Waals surface area contributed by atoms with Crippen LogP contribution >= 0.6 is 27.5 Å². The lowest BCUT2D eigenvalue weighted by Crippen LogP contribution is -1.92. The Kier molecular flexibility index (Phi) is 4.04. The Labute approximate surface area is 119 Å². The molecule has 2 nitrogen and oxygen atoms in total. The molecule has 0 aliphatic carbocycles. The monoisotopic (exact) mass is 324 g/mol. The lowest BCUT2D eigenvalue weighted by atomic mass is 10.1. The molecule has 0 fully saturated rings. The molecule has 0 aliphatic heterocycles. The molecule has 0 aliphatic rings. The van der Waals surface area contributed by atoms with E-state index in [0.717, 1.165) is 4.47 Å². The van der Waals surface area contributed by atoms with Gasteiger partial charge in [0.15, 0.2) is 5.78 Å². The Bertz CT molecular complexity index is 596. The lowest BCUT2D eigenvalue weighted by molar-refractivity contribution is 0.101. The zero-order chi connectivity index (χ0) is 13.1. The summed E-state index contributed by atoms with van der Waals surface area (Å²) in [6.45, 7) is 1.53. The van der Waals surface area contributed by atoms with E-state index in [-0.39, 0.29) is 5.78 Å². The second kappa shape index (κ2) is 5.55. The molecule has 2 aromatic rings. The molecule has 2 rings (SSSR count). The van der Waals surface area contributed by atoms with E-state index in [4.69, 9.17) is 16.3 Å². The minimum Gasteiger partial charge on any atom is -0.456 e. The maximum Gasteiger partial charge on any atom is 0.159 e. The van der Waals surface area contributed by atoms with Crippen molar-refractivity contribution in [2.24, 2.45) is 0 Å². The molecular formula is C14H10BrClO2. The fraction of sp³-hybridized carbons (Fsp3) is 0.0714. The van der Waals surface area contributed by atoms with Crippen molar-refractivity contribution in [3.8, 4) is 11.5 Å². The van der Waals surface area contributed by atoms with Gasteiger partial charge in [0.1, 0.15) is 11.5 Å². The third kappa shape index (κ3) is 3.12. The summed E-state index contributed by atoms with van der Waals surface area (Å²) in [7, 11) is 0. The van der Waals surface area contributed by atoms with Crippen molar-refractivity contribution >= 4 is 33.3 Å². The van der Waals surface area contributed by atoms with Crippen molar-refractivity contribution in [1.29, 1.82) is 0 Å². The molecule has 0 unspecified atom stereocenters. The van der Waals surface area contributed by atoms with Crippen LogP contribution in [0.2, 0.25) is 5.02 Å². The summed E-state index contributed by atoms with van der Waals surface area (Å²) in [6, 6.07) is 12.3. The molecule has 4 heteroatoms. The van der Waals surface area contributed by atoms with Crippen molar-refractivity contribution in [2.45, 2.75) is 6.92 Å². The van der Waals surface area contributed by atoms with Gasteiger partial charge in [0.2, 0.25) is 0 Å². The number of Topliss-reactive ketones (excluding diaryl/α,β-unsaturated/α-hetero) is 1. The average molecular weight is 326 g/mol. The Morgan fingerprint density at radius 3 is 2.67 bits per heavy atom. The number of benzene rings is 2. The molecular weight excluding hydrogens is 316 g/mol. The van der Waals surface area contributed by atoms with E-state index >= 15 is 0 Å². The number of ketones is 1. The minimum atomic E-state index is 0.00984. The van der Waals surface area contributed by atoms with Crippen molar-refractivity contribution < 1.29 is 9.53 Å². The fourth-order valence-electron chi connectivity index (χ4n) is 1.46. The Hall–Kier alpha value is -1.32. The van der Waals surface area contributed by atoms with Gasteiger partial charge in [0.05, 0.1) is 4.47 Å². The maximum atomic E-state index is 11.3. The van der Waals surface area contributed by atoms with Crippen molar-refractivity contribution in [1.82, 2.24) is 0 Å². The van der Waals surface area contributed by atoms with Crippen LogP contribution in [0, 0.1) is 0 Å². The van der Waals surface area contributed by atoms with E-state index in [2.05, 4.69) is 15.9 Å². The smallest absolute Gasteiger partial charge is 0.159 e. The third-order valence-corrected chi connectivity index (χ3v) is 3.22. The van der Waals surface area contributed by atoms with Gasteiger partial charge in [-0.25, -0.2) is 0 Å². The number of carbonyl (C=O) groups excluding carboxylic acids is 1. The highest BCUT2D eigenvalue weighted by Gasteiger charge is 2.05. The van der Waals surface area contributed by atoms with Crippen molar-refractivity contribution in [3.63, 3.8) is 0 Å². The van der Waals surface area contributed by atoms with E-state index in [0.29, 0.717) is 22.1 Å². The minimum absolute atomic E-state index is 0.00984. The van der Waals surface area contributed by atoms with Crippen LogP contribution in [0.5, 0.6) is 11.5 Å². The van der Waals surface area contributed by atoms with E-state index in [1.165, 1.54) is 6.92 Å². The van der Waals surface area contributed by atoms with Gasteiger partial charge in [-0.05, 0) is 53.2 Å². The SMILES string of the molecule is CC(=O)c1cccc(Oc2ccc(Cl)cc2Br)c1. The van der Waals surface area contributed by atoms with Gasteiger partial charge in [-0.15, -0.1) is 0 Å². The van der Waals surface area contributed by atoms with Crippen LogP contribution in [0.4, 0.5) is 0 Å². The van der Waals surface area contributed by atoms with Crippen LogP contribution in [-0.2, 0) is 0 Å². The number of rotatable bonds is 3. The molecule has 2 aromatic carbocycles. The first-order chi connectivity index (χ1) is 8.56. The molecule has 0 saturated heterocycles. The van der Waals surface area contributed by atoms with Crippen LogP contribution in [0.3, 0.4) is 0 Å². The van der Waals surface area contributed by atoms with E-state index < -0.39 is 0 Å². The summed E-state index contributed by atoms with van der Waals surface area (Å²) < 4.78 is 6.46. The van der Waals surface area contributed by atoms with Crippen LogP contribution in [0.15, 0.2) is 46.9 Å². The predicted octanol–water partition coefficient (Wildman–Crippen LogP) is 5.10. The highest BCUT2D eigenvalue weighted by atomic mass is 79.9. The number of hydrogen-bond acceptors (Lipinski definition) is 2. The molecule has 18 heavy (non-hydrogen) atoms. The maximum absolute atomic E-state index is 11.3. The summed E-state index contributed by atoms with van der Waals surface area (Å²) in [5, 5.41) is 0.631. The highest BCUT2D eigenvalue weighted by Crippen LogP contribution is 2.32. The molecule has 0 heterocycles. The highest BCUT2D eigenvalue weighted by molar-refractivity contribution is 9.10. The Morgan fingerprint density at radius 2 is 2.00 bits per heavy atom. The molecule has 0 atom stereocenters. The fourth-order valence-corrected chi connectivity index (χ4v) is 2.23. The second-order valence-electron chi connectivity index (χ2n) is 3.76. The summed E-state index contributed by atoms with van der Waals surface area (Å²) in [4.78, 5) is 11.3. The van der Waals surface area contributed by atoms with Crippen molar-refractivity contribution in [2.75, 3.05) is 0 Å². The topological polar surface area (TPSA) is 26.3 Å². The molecule has 0 bridgehead atoms. The third-order valence-electron chi connectivity index (χ3n) is 2.36. The number of hydrogen-bond donors (Lipinski definition) is 0. The summed E-state index contributed by atoms with van der Waals surface area (Å²) >= 11 is 9.23. The van der Waals surface area contributed by atoms with Gasteiger partial charge < -0.3 is 4.74 Å². The number of carbonyl (C=O) groups is 1. The molecule has 0 aromatic heterocycles. The average Bonchev–Trinajstić information content (AvgIpc) is 2.33. The van der Waals surface area contributed by atoms with Crippen LogP contribution < -0.4 is 4.74 Å². The largest absolute Gasteiger partial charge is 0.456 e. The predicted molar refractivity (Wildman–Crippen MR) is 75.7 cm³/mol. The zero-order valence-electron chi connectivity index (χ0n) is 9.61. The summed E-state index contributed by atoms with van der Waals surface area (Å²) in [5.41, 5.74) is 0.623. The first-order valence-corrected chi connectivity index (χ1v) is 6.47. The Morgan fingerprint density at radius 1 is 1.22 bits per heavy atom. The quantitative estimate of drug-likeness (QED) is 0.734. The van der Waals surface area contributed by atoms with Crippen molar-refractivity contribution in [3.05, 3.63) is 57.5 Å². The van der Waals surface area contributed by atoms with Gasteiger partial charge in [0, 0.05) is 10.6 Å². The second-order valence-corrected chi connectivity index (χ2v) is 5.05. The molecule has 0 spiro atoms. The number of ether oxygens (including phenoxy) is 1. The normalized spacial score (nSPS) is 10.2. The molecule has 92 valence electrons. The summed E-state index contributed by atoms with van der Waals surface area (Å²) in [5.74, 6) is 1.28. The summed E-state index contributed by atoms with van der Waals surface area (Å²) in [6.07, 6.45) is 0. The standard InChI is InChI=1S/C14H10BrClO2/c1-9(17)10-3-2-4-12(7-10)18-14-6-5-11(16)8-13(14)15/h2-8H,1H3. The van der Waals surface area contributed by atoms with Gasteiger partial charge in [0.25, 0.3) is 0 Å². The van der Waals surface area contributed by atoms with E-state index in [9.17, 15) is 4.79 Å². The van der Waals surface area contributed by atoms with E-state index in [1.807, 2.05) is 0 Å². The molecule has 0 N–H and O–H groups in total. The lowest BCUT2D eigenvalue weighted by Gasteiger charge is -2.08. The molecule has 0 saturated carbocycles. The van der Waals surface area contributed by atoms with Gasteiger partial charge in [-0.2, -0.15) is 0 Å². The van der Waals surface area contributed by atoms with Gasteiger partial charge in [-0.3, -0.25) is 4.79 Å². The Balaban J connectivity index is 2.28. The molecule has 0 amide bonds. The first kappa shape index (κ1) is 13.1. The van der Waals surface area contributed by atoms with Crippen LogP contribution in [-0.4, -0.2) is 5.78 Å². The molecule has 0 radical (unpaired) electrons. The van der Waals surface area contributed by atoms with Gasteiger partial charge in [-0.1, -0.05) is 23.7 Å². The van der Waals surface area contributed by atoms with Crippen LogP contribution in [0.1, 0.15) is 17.3 Å². The first-order valence-electron chi connectivity index (χ1n) is 5.30. The number of halogens is 2. The van der Waals surface area contributed by atoms with Gasteiger partial charge >= 0.3 is 0 Å². The van der Waals surface area contributed by atoms with E-state index in [1.54, 1.807) is 42.5 Å².